The van der Waals surface area contributed by atoms with Crippen LogP contribution in [0.25, 0.3) is 10.9 Å². The summed E-state index contributed by atoms with van der Waals surface area (Å²) in [5.74, 6) is -0.153. The van der Waals surface area contributed by atoms with Crippen LogP contribution in [0.1, 0.15) is 60.8 Å². The summed E-state index contributed by atoms with van der Waals surface area (Å²) in [4.78, 5) is 32.0. The second kappa shape index (κ2) is 13.0. The molecule has 1 aliphatic heterocycles. The van der Waals surface area contributed by atoms with Crippen LogP contribution >= 0.6 is 0 Å². The molecule has 0 saturated carbocycles. The lowest BCUT2D eigenvalue weighted by atomic mass is 9.83. The smallest absolute Gasteiger partial charge is 0.251 e. The van der Waals surface area contributed by atoms with Crippen molar-refractivity contribution in [1.82, 2.24) is 20.7 Å². The summed E-state index contributed by atoms with van der Waals surface area (Å²) in [6.07, 6.45) is 0.542. The number of likely N-dealkylation sites (tertiary alicyclic amines) is 1. The molecule has 1 aliphatic rings. The first kappa shape index (κ1) is 30.4. The Morgan fingerprint density at radius 2 is 1.80 bits per heavy atom. The third kappa shape index (κ3) is 7.81. The Kier molecular flexibility index (Phi) is 9.62. The van der Waals surface area contributed by atoms with Gasteiger partial charge in [-0.25, -0.2) is 13.9 Å². The lowest BCUT2D eigenvalue weighted by molar-refractivity contribution is -0.131. The molecule has 0 bridgehead atoms. The van der Waals surface area contributed by atoms with Crippen molar-refractivity contribution in [1.29, 1.82) is 0 Å². The van der Waals surface area contributed by atoms with Gasteiger partial charge in [-0.05, 0) is 63.1 Å². The Bertz CT molecular complexity index is 1480. The molecule has 11 heteroatoms. The second-order valence-electron chi connectivity index (χ2n) is 10.7. The SMILES string of the molecule is CCS(=O)(=O)CCN1CCC(CC(=O)NO)(NC(=O)c2ccc(OC(C)c3cc(C)nc4ccccc34)cc2)CC1. The van der Waals surface area contributed by atoms with E-state index in [2.05, 4.69) is 10.3 Å². The number of benzene rings is 2. The molecule has 2 heterocycles. The number of aromatic nitrogens is 1. The van der Waals surface area contributed by atoms with Gasteiger partial charge in [-0.2, -0.15) is 0 Å². The van der Waals surface area contributed by atoms with Gasteiger partial charge in [0.2, 0.25) is 5.91 Å². The van der Waals surface area contributed by atoms with Gasteiger partial charge in [0.05, 0.1) is 23.2 Å². The summed E-state index contributed by atoms with van der Waals surface area (Å²) in [6.45, 7) is 7.00. The van der Waals surface area contributed by atoms with Crippen LogP contribution < -0.4 is 15.5 Å². The highest BCUT2D eigenvalue weighted by Crippen LogP contribution is 2.29. The van der Waals surface area contributed by atoms with E-state index in [1.165, 1.54) is 0 Å². The van der Waals surface area contributed by atoms with E-state index in [0.717, 1.165) is 22.2 Å². The number of nitrogens with one attached hydrogen (secondary N) is 2. The molecule has 3 N–H and O–H groups in total. The average molecular weight is 583 g/mol. The van der Waals surface area contributed by atoms with Gasteiger partial charge < -0.3 is 15.0 Å². The number of hydrogen-bond acceptors (Lipinski definition) is 8. The predicted molar refractivity (Wildman–Crippen MR) is 157 cm³/mol. The zero-order valence-electron chi connectivity index (χ0n) is 23.7. The van der Waals surface area contributed by atoms with Crippen LogP contribution in [0, 0.1) is 6.92 Å². The zero-order valence-corrected chi connectivity index (χ0v) is 24.5. The fraction of sp³-hybridized carbons (Fsp3) is 0.433. The number of pyridine rings is 1. The third-order valence-electron chi connectivity index (χ3n) is 7.72. The number of hydroxylamine groups is 1. The number of carbonyl (C=O) groups is 2. The maximum Gasteiger partial charge on any atom is 0.251 e. The molecule has 0 spiro atoms. The van der Waals surface area contributed by atoms with E-state index < -0.39 is 21.3 Å². The van der Waals surface area contributed by atoms with Crippen molar-refractivity contribution in [3.63, 3.8) is 0 Å². The molecule has 1 saturated heterocycles. The number of hydrogen-bond donors (Lipinski definition) is 3. The monoisotopic (exact) mass is 582 g/mol. The summed E-state index contributed by atoms with van der Waals surface area (Å²) in [6, 6.07) is 16.8. The maximum absolute atomic E-state index is 13.3. The van der Waals surface area contributed by atoms with Crippen LogP contribution in [0.15, 0.2) is 54.6 Å². The number of rotatable bonds is 11. The van der Waals surface area contributed by atoms with E-state index in [1.807, 2.05) is 49.1 Å². The van der Waals surface area contributed by atoms with Gasteiger partial charge in [-0.1, -0.05) is 25.1 Å². The quantitative estimate of drug-likeness (QED) is 0.230. The summed E-state index contributed by atoms with van der Waals surface area (Å²) < 4.78 is 30.0. The highest BCUT2D eigenvalue weighted by atomic mass is 32.2. The molecule has 1 atom stereocenters. The third-order valence-corrected chi connectivity index (χ3v) is 9.40. The topological polar surface area (TPSA) is 138 Å². The Morgan fingerprint density at radius 1 is 1.12 bits per heavy atom. The molecule has 1 fully saturated rings. The Balaban J connectivity index is 1.42. The number of piperidine rings is 1. The second-order valence-corrected chi connectivity index (χ2v) is 13.2. The van der Waals surface area contributed by atoms with Crippen LogP contribution in [-0.2, 0) is 14.6 Å². The molecular formula is C30H38N4O6S. The number of nitrogens with zero attached hydrogens (tertiary/aromatic N) is 2. The van der Waals surface area contributed by atoms with Crippen molar-refractivity contribution in [3.05, 3.63) is 71.4 Å². The molecule has 3 aromatic rings. The molecule has 10 nitrogen and oxygen atoms in total. The fourth-order valence-corrected chi connectivity index (χ4v) is 6.08. The first-order valence-electron chi connectivity index (χ1n) is 13.8. The van der Waals surface area contributed by atoms with Gasteiger partial charge >= 0.3 is 0 Å². The Hall–Kier alpha value is -3.54. The maximum atomic E-state index is 13.3. The van der Waals surface area contributed by atoms with E-state index in [0.29, 0.717) is 43.8 Å². The van der Waals surface area contributed by atoms with Gasteiger partial charge in [0.1, 0.15) is 11.9 Å². The molecule has 0 aliphatic carbocycles. The van der Waals surface area contributed by atoms with Crippen molar-refractivity contribution in [3.8, 4) is 5.75 Å². The minimum atomic E-state index is -3.09. The number of amides is 2. The van der Waals surface area contributed by atoms with Crippen LogP contribution in [-0.4, -0.2) is 72.0 Å². The van der Waals surface area contributed by atoms with Crippen molar-refractivity contribution in [2.75, 3.05) is 31.1 Å². The van der Waals surface area contributed by atoms with Gasteiger partial charge in [-0.3, -0.25) is 19.8 Å². The zero-order chi connectivity index (χ0) is 29.6. The predicted octanol–water partition coefficient (Wildman–Crippen LogP) is 3.58. The van der Waals surface area contributed by atoms with E-state index in [-0.39, 0.29) is 29.9 Å². The fourth-order valence-electron chi connectivity index (χ4n) is 5.25. The summed E-state index contributed by atoms with van der Waals surface area (Å²) in [5, 5.41) is 13.2. The van der Waals surface area contributed by atoms with Crippen molar-refractivity contribution in [2.24, 2.45) is 0 Å². The number of ether oxygens (including phenoxy) is 1. The Morgan fingerprint density at radius 3 is 2.46 bits per heavy atom. The lowest BCUT2D eigenvalue weighted by Gasteiger charge is -2.42. The standard InChI is InChI=1S/C30H38N4O6S/c1-4-41(38,39)18-17-34-15-13-30(14-16-34,20-28(35)33-37)32-29(36)23-9-11-24(12-10-23)40-22(3)26-19-21(2)31-27-8-6-5-7-25(26)27/h5-12,19,22,37H,4,13-18,20H2,1-3H3,(H,32,36)(H,33,35). The van der Waals surface area contributed by atoms with Gasteiger partial charge in [0.15, 0.2) is 9.84 Å². The van der Waals surface area contributed by atoms with E-state index >= 15 is 0 Å². The Labute approximate surface area is 241 Å². The van der Waals surface area contributed by atoms with Crippen LogP contribution in [0.2, 0.25) is 0 Å². The van der Waals surface area contributed by atoms with Gasteiger partial charge in [0, 0.05) is 47.6 Å². The minimum absolute atomic E-state index is 0.0734. The molecule has 0 radical (unpaired) electrons. The van der Waals surface area contributed by atoms with E-state index in [1.54, 1.807) is 36.7 Å². The normalized spacial score (nSPS) is 16.2. The lowest BCUT2D eigenvalue weighted by Crippen LogP contribution is -2.57. The molecule has 1 unspecified atom stereocenters. The van der Waals surface area contributed by atoms with Crippen LogP contribution in [0.4, 0.5) is 0 Å². The van der Waals surface area contributed by atoms with Crippen molar-refractivity contribution in [2.45, 2.75) is 51.7 Å². The van der Waals surface area contributed by atoms with E-state index in [9.17, 15) is 18.0 Å². The largest absolute Gasteiger partial charge is 0.486 e. The van der Waals surface area contributed by atoms with Crippen LogP contribution in [0.3, 0.4) is 0 Å². The highest BCUT2D eigenvalue weighted by molar-refractivity contribution is 7.91. The first-order chi connectivity index (χ1) is 19.5. The molecule has 220 valence electrons. The van der Waals surface area contributed by atoms with Gasteiger partial charge in [0.25, 0.3) is 5.91 Å². The first-order valence-corrected chi connectivity index (χ1v) is 15.7. The van der Waals surface area contributed by atoms with E-state index in [4.69, 9.17) is 9.94 Å². The summed E-state index contributed by atoms with van der Waals surface area (Å²) in [7, 11) is -3.09. The average Bonchev–Trinajstić information content (AvgIpc) is 2.96. The van der Waals surface area contributed by atoms with Gasteiger partial charge in [-0.15, -0.1) is 0 Å². The van der Waals surface area contributed by atoms with Crippen LogP contribution in [0.5, 0.6) is 5.75 Å². The number of carbonyl (C=O) groups excluding carboxylic acids is 2. The molecule has 1 aromatic heterocycles. The van der Waals surface area contributed by atoms with Crippen molar-refractivity contribution < 1.29 is 28.0 Å². The number of para-hydroxylation sites is 1. The number of sulfone groups is 1. The molecule has 2 amide bonds. The molecule has 4 rings (SSSR count). The highest BCUT2D eigenvalue weighted by Gasteiger charge is 2.38. The molecule has 41 heavy (non-hydrogen) atoms. The molecule has 2 aromatic carbocycles. The summed E-state index contributed by atoms with van der Waals surface area (Å²) >= 11 is 0. The number of fused-ring (bicyclic) bond motifs is 1. The van der Waals surface area contributed by atoms with Crippen molar-refractivity contribution >= 4 is 32.6 Å². The minimum Gasteiger partial charge on any atom is -0.486 e. The number of aryl methyl sites for hydroxylation is 1. The summed E-state index contributed by atoms with van der Waals surface area (Å²) in [5.41, 5.74) is 4.05. The molecular weight excluding hydrogens is 544 g/mol.